The van der Waals surface area contributed by atoms with Crippen LogP contribution in [0.1, 0.15) is 23.2 Å². The number of piperidine rings is 1. The Morgan fingerprint density at radius 2 is 2.31 bits per heavy atom. The molecule has 0 radical (unpaired) electrons. The van der Waals surface area contributed by atoms with Crippen LogP contribution in [0.15, 0.2) is 24.3 Å². The molecule has 1 aliphatic rings. The van der Waals surface area contributed by atoms with Crippen molar-refractivity contribution in [3.63, 3.8) is 0 Å². The number of aliphatic hydroxyl groups excluding tert-OH is 1. The van der Waals surface area contributed by atoms with Crippen molar-refractivity contribution in [1.82, 2.24) is 4.90 Å². The maximum atomic E-state index is 12.1. The minimum Gasteiger partial charge on any atom is -0.399 e. The Hall–Kier alpha value is -1.55. The summed E-state index contributed by atoms with van der Waals surface area (Å²) in [6.45, 7) is 1.14. The van der Waals surface area contributed by atoms with E-state index in [1.54, 1.807) is 29.2 Å². The summed E-state index contributed by atoms with van der Waals surface area (Å²) in [4.78, 5) is 13.7. The maximum absolute atomic E-state index is 12.1. The number of benzene rings is 1. The van der Waals surface area contributed by atoms with E-state index in [-0.39, 0.29) is 5.91 Å². The molecule has 1 heterocycles. The van der Waals surface area contributed by atoms with Crippen LogP contribution in [-0.4, -0.2) is 35.1 Å². The van der Waals surface area contributed by atoms with Gasteiger partial charge in [-0.25, -0.2) is 0 Å². The lowest BCUT2D eigenvalue weighted by Gasteiger charge is -2.30. The van der Waals surface area contributed by atoms with Crippen LogP contribution < -0.4 is 5.73 Å². The van der Waals surface area contributed by atoms with E-state index in [1.165, 1.54) is 0 Å². The molecule has 0 aliphatic carbocycles. The zero-order valence-electron chi connectivity index (χ0n) is 9.10. The quantitative estimate of drug-likeness (QED) is 0.690. The molecule has 0 aromatic heterocycles. The highest BCUT2D eigenvalue weighted by Gasteiger charge is 2.22. The Kier molecular flexibility index (Phi) is 3.10. The number of likely N-dealkylation sites (tertiary alicyclic amines) is 1. The van der Waals surface area contributed by atoms with Crippen molar-refractivity contribution in [2.75, 3.05) is 18.8 Å². The number of nitrogens with zero attached hydrogens (tertiary/aromatic N) is 1. The predicted molar refractivity (Wildman–Crippen MR) is 62.0 cm³/mol. The van der Waals surface area contributed by atoms with Gasteiger partial charge in [-0.05, 0) is 31.0 Å². The van der Waals surface area contributed by atoms with Crippen molar-refractivity contribution in [3.05, 3.63) is 29.8 Å². The lowest BCUT2D eigenvalue weighted by atomic mass is 10.1. The van der Waals surface area contributed by atoms with Crippen molar-refractivity contribution in [2.24, 2.45) is 0 Å². The number of nitrogen functional groups attached to an aromatic ring is 1. The van der Waals surface area contributed by atoms with E-state index in [1.807, 2.05) is 0 Å². The Bertz CT molecular complexity index is 392. The summed E-state index contributed by atoms with van der Waals surface area (Å²) in [7, 11) is 0. The van der Waals surface area contributed by atoms with E-state index >= 15 is 0 Å². The number of nitrogens with two attached hydrogens (primary N) is 1. The van der Waals surface area contributed by atoms with Crippen LogP contribution in [-0.2, 0) is 0 Å². The third-order valence-corrected chi connectivity index (χ3v) is 2.82. The molecule has 4 nitrogen and oxygen atoms in total. The average molecular weight is 220 g/mol. The van der Waals surface area contributed by atoms with Gasteiger partial charge >= 0.3 is 0 Å². The number of aliphatic hydroxyl groups is 1. The number of amides is 1. The van der Waals surface area contributed by atoms with Gasteiger partial charge in [0.1, 0.15) is 0 Å². The molecule has 0 bridgehead atoms. The van der Waals surface area contributed by atoms with E-state index in [4.69, 9.17) is 5.73 Å². The predicted octanol–water partition coefficient (Wildman–Crippen LogP) is 0.866. The fourth-order valence-electron chi connectivity index (χ4n) is 1.99. The molecule has 0 saturated carbocycles. The fraction of sp³-hybridized carbons (Fsp3) is 0.417. The molecule has 1 amide bonds. The molecule has 1 atom stereocenters. The van der Waals surface area contributed by atoms with Crippen LogP contribution in [0.4, 0.5) is 5.69 Å². The molecule has 1 fully saturated rings. The topological polar surface area (TPSA) is 66.6 Å². The molecule has 1 aliphatic heterocycles. The summed E-state index contributed by atoms with van der Waals surface area (Å²) >= 11 is 0. The molecule has 3 N–H and O–H groups in total. The standard InChI is InChI=1S/C12H16N2O2/c13-10-4-1-3-9(7-10)12(16)14-6-2-5-11(15)8-14/h1,3-4,7,11,15H,2,5-6,8,13H2/t11-/m0/s1. The first kappa shape index (κ1) is 11.0. The Morgan fingerprint density at radius 3 is 3.00 bits per heavy atom. The van der Waals surface area contributed by atoms with Crippen molar-refractivity contribution >= 4 is 11.6 Å². The number of carbonyl (C=O) groups is 1. The summed E-state index contributed by atoms with van der Waals surface area (Å²) in [6, 6.07) is 6.94. The smallest absolute Gasteiger partial charge is 0.254 e. The largest absolute Gasteiger partial charge is 0.399 e. The minimum atomic E-state index is -0.390. The zero-order valence-corrected chi connectivity index (χ0v) is 9.10. The number of β-amino-alcohol motifs (C(OH)–C–C–N with tert-alkyl or cyclic N) is 1. The van der Waals surface area contributed by atoms with E-state index in [9.17, 15) is 9.90 Å². The number of hydrogen-bond donors (Lipinski definition) is 2. The molecule has 1 saturated heterocycles. The van der Waals surface area contributed by atoms with Gasteiger partial charge < -0.3 is 15.7 Å². The average Bonchev–Trinajstić information content (AvgIpc) is 2.28. The summed E-state index contributed by atoms with van der Waals surface area (Å²) in [6.07, 6.45) is 1.24. The summed E-state index contributed by atoms with van der Waals surface area (Å²) in [5.41, 5.74) is 6.81. The van der Waals surface area contributed by atoms with Crippen LogP contribution >= 0.6 is 0 Å². The minimum absolute atomic E-state index is 0.0500. The first-order chi connectivity index (χ1) is 7.66. The molecular weight excluding hydrogens is 204 g/mol. The van der Waals surface area contributed by atoms with Crippen molar-refractivity contribution in [2.45, 2.75) is 18.9 Å². The van der Waals surface area contributed by atoms with E-state index in [0.29, 0.717) is 24.3 Å². The van der Waals surface area contributed by atoms with Gasteiger partial charge in [0.25, 0.3) is 5.91 Å². The van der Waals surface area contributed by atoms with E-state index in [2.05, 4.69) is 0 Å². The van der Waals surface area contributed by atoms with Gasteiger partial charge in [0, 0.05) is 24.3 Å². The van der Waals surface area contributed by atoms with Crippen molar-refractivity contribution in [1.29, 1.82) is 0 Å². The Labute approximate surface area is 94.7 Å². The highest BCUT2D eigenvalue weighted by atomic mass is 16.3. The molecule has 1 aromatic carbocycles. The lowest BCUT2D eigenvalue weighted by molar-refractivity contribution is 0.0474. The lowest BCUT2D eigenvalue weighted by Crippen LogP contribution is -2.42. The molecule has 86 valence electrons. The molecule has 4 heteroatoms. The Balaban J connectivity index is 2.12. The van der Waals surface area contributed by atoms with E-state index in [0.717, 1.165) is 12.8 Å². The summed E-state index contributed by atoms with van der Waals surface area (Å²) in [5, 5.41) is 9.51. The number of anilines is 1. The van der Waals surface area contributed by atoms with Gasteiger partial charge in [-0.3, -0.25) is 4.79 Å². The normalized spacial score (nSPS) is 20.8. The van der Waals surface area contributed by atoms with Crippen LogP contribution in [0.2, 0.25) is 0 Å². The molecule has 2 rings (SSSR count). The zero-order chi connectivity index (χ0) is 11.5. The molecular formula is C12H16N2O2. The van der Waals surface area contributed by atoms with Crippen molar-refractivity contribution in [3.8, 4) is 0 Å². The summed E-state index contributed by atoms with van der Waals surface area (Å²) in [5.74, 6) is -0.0500. The molecule has 1 aromatic rings. The van der Waals surface area contributed by atoms with Gasteiger partial charge in [0.05, 0.1) is 6.10 Å². The highest BCUT2D eigenvalue weighted by molar-refractivity contribution is 5.95. The first-order valence-corrected chi connectivity index (χ1v) is 5.49. The Morgan fingerprint density at radius 1 is 1.50 bits per heavy atom. The number of hydrogen-bond acceptors (Lipinski definition) is 3. The third kappa shape index (κ3) is 2.33. The van der Waals surface area contributed by atoms with Crippen LogP contribution in [0.3, 0.4) is 0 Å². The first-order valence-electron chi connectivity index (χ1n) is 5.49. The fourth-order valence-corrected chi connectivity index (χ4v) is 1.99. The molecule has 0 spiro atoms. The highest BCUT2D eigenvalue weighted by Crippen LogP contribution is 2.15. The summed E-state index contributed by atoms with van der Waals surface area (Å²) < 4.78 is 0. The van der Waals surface area contributed by atoms with Crippen LogP contribution in [0, 0.1) is 0 Å². The SMILES string of the molecule is Nc1cccc(C(=O)N2CCC[C@H](O)C2)c1. The van der Waals surface area contributed by atoms with Gasteiger partial charge in [-0.2, -0.15) is 0 Å². The third-order valence-electron chi connectivity index (χ3n) is 2.82. The number of carbonyl (C=O) groups excluding carboxylic acids is 1. The van der Waals surface area contributed by atoms with Gasteiger partial charge in [0.2, 0.25) is 0 Å². The number of rotatable bonds is 1. The second-order valence-electron chi connectivity index (χ2n) is 4.17. The van der Waals surface area contributed by atoms with Crippen molar-refractivity contribution < 1.29 is 9.90 Å². The van der Waals surface area contributed by atoms with Gasteiger partial charge in [-0.15, -0.1) is 0 Å². The van der Waals surface area contributed by atoms with E-state index < -0.39 is 6.10 Å². The maximum Gasteiger partial charge on any atom is 0.254 e. The monoisotopic (exact) mass is 220 g/mol. The second kappa shape index (κ2) is 4.53. The molecule has 16 heavy (non-hydrogen) atoms. The molecule has 0 unspecified atom stereocenters. The van der Waals surface area contributed by atoms with Gasteiger partial charge in [-0.1, -0.05) is 6.07 Å². The van der Waals surface area contributed by atoms with Gasteiger partial charge in [0.15, 0.2) is 0 Å². The van der Waals surface area contributed by atoms with Crippen LogP contribution in [0.25, 0.3) is 0 Å². The second-order valence-corrected chi connectivity index (χ2v) is 4.17. The van der Waals surface area contributed by atoms with Crippen LogP contribution in [0.5, 0.6) is 0 Å².